The summed E-state index contributed by atoms with van der Waals surface area (Å²) in [6, 6.07) is 7.94. The summed E-state index contributed by atoms with van der Waals surface area (Å²) in [5, 5.41) is 6.40. The Morgan fingerprint density at radius 3 is 2.31 bits per heavy atom. The van der Waals surface area contributed by atoms with Gasteiger partial charge in [0.05, 0.1) is 12.0 Å². The number of anilines is 1. The molecule has 26 heavy (non-hydrogen) atoms. The van der Waals surface area contributed by atoms with Crippen molar-refractivity contribution in [2.45, 2.75) is 45.4 Å². The molecule has 6 heteroatoms. The van der Waals surface area contributed by atoms with Crippen LogP contribution in [0.25, 0.3) is 0 Å². The molecule has 0 unspecified atom stereocenters. The quantitative estimate of drug-likeness (QED) is 0.894. The second-order valence-corrected chi connectivity index (χ2v) is 7.34. The Bertz CT molecular complexity index is 816. The number of carbonyl (C=O) groups is 2. The maximum Gasteiger partial charge on any atom is 0.245 e. The molecule has 1 aromatic heterocycles. The van der Waals surface area contributed by atoms with Crippen molar-refractivity contribution >= 4 is 17.6 Å². The van der Waals surface area contributed by atoms with Gasteiger partial charge >= 0.3 is 0 Å². The normalized spacial score (nSPS) is 15.2. The highest BCUT2D eigenvalue weighted by molar-refractivity contribution is 5.96. The van der Waals surface area contributed by atoms with Crippen molar-refractivity contribution in [3.8, 4) is 0 Å². The average Bonchev–Trinajstić information content (AvgIpc) is 2.89. The van der Waals surface area contributed by atoms with Gasteiger partial charge in [-0.25, -0.2) is 0 Å². The van der Waals surface area contributed by atoms with Gasteiger partial charge in [0.1, 0.15) is 5.76 Å². The summed E-state index contributed by atoms with van der Waals surface area (Å²) in [7, 11) is 1.68. The number of nitrogens with one attached hydrogen (secondary N) is 1. The zero-order chi connectivity index (χ0) is 18.9. The summed E-state index contributed by atoms with van der Waals surface area (Å²) in [6.45, 7) is 5.83. The van der Waals surface area contributed by atoms with Crippen molar-refractivity contribution in [3.63, 3.8) is 0 Å². The summed E-state index contributed by atoms with van der Waals surface area (Å²) in [6.07, 6.45) is 2.67. The zero-order valence-electron chi connectivity index (χ0n) is 15.8. The van der Waals surface area contributed by atoms with Gasteiger partial charge in [-0.15, -0.1) is 0 Å². The smallest absolute Gasteiger partial charge is 0.245 e. The van der Waals surface area contributed by atoms with Crippen LogP contribution < -0.4 is 5.32 Å². The van der Waals surface area contributed by atoms with Gasteiger partial charge < -0.3 is 14.7 Å². The lowest BCUT2D eigenvalue weighted by Gasteiger charge is -2.43. The molecule has 0 spiro atoms. The Morgan fingerprint density at radius 2 is 1.81 bits per heavy atom. The van der Waals surface area contributed by atoms with E-state index in [0.717, 1.165) is 36.0 Å². The molecule has 6 nitrogen and oxygen atoms in total. The first-order valence-electron chi connectivity index (χ1n) is 8.88. The molecule has 1 N–H and O–H groups in total. The minimum absolute atomic E-state index is 0.000216. The van der Waals surface area contributed by atoms with E-state index in [-0.39, 0.29) is 18.4 Å². The van der Waals surface area contributed by atoms with Gasteiger partial charge in [0, 0.05) is 13.1 Å². The minimum atomic E-state index is -0.504. The Hall–Kier alpha value is -2.63. The third kappa shape index (κ3) is 3.49. The van der Waals surface area contributed by atoms with Gasteiger partial charge in [-0.2, -0.15) is 0 Å². The van der Waals surface area contributed by atoms with E-state index in [0.29, 0.717) is 11.6 Å². The number of amides is 2. The third-order valence-corrected chi connectivity index (χ3v) is 5.01. The summed E-state index contributed by atoms with van der Waals surface area (Å²) >= 11 is 0. The number of aromatic nitrogens is 1. The number of rotatable bonds is 5. The molecule has 0 atom stereocenters. The van der Waals surface area contributed by atoms with Crippen molar-refractivity contribution in [2.24, 2.45) is 0 Å². The molecular formula is C20H25N3O3. The van der Waals surface area contributed by atoms with Crippen LogP contribution in [0.5, 0.6) is 0 Å². The standard InChI is InChI=1S/C20H25N3O3/c1-13-8-14(2)10-16(9-13)20(6-5-7-20)19(25)23(4)12-18(24)21-17-11-15(3)26-22-17/h8-11H,5-7,12H2,1-4H3,(H,21,22,24). The summed E-state index contributed by atoms with van der Waals surface area (Å²) in [5.74, 6) is 0.693. The fourth-order valence-electron chi connectivity index (χ4n) is 3.67. The highest BCUT2D eigenvalue weighted by atomic mass is 16.5. The molecule has 1 fully saturated rings. The van der Waals surface area contributed by atoms with E-state index in [1.165, 1.54) is 4.90 Å². The number of likely N-dealkylation sites (N-methyl/N-ethyl adjacent to an activating group) is 1. The summed E-state index contributed by atoms with van der Waals surface area (Å²) < 4.78 is 4.93. The van der Waals surface area contributed by atoms with Crippen LogP contribution in [0.1, 0.15) is 41.7 Å². The van der Waals surface area contributed by atoms with E-state index in [1.54, 1.807) is 20.0 Å². The molecule has 1 heterocycles. The van der Waals surface area contributed by atoms with Crippen molar-refractivity contribution in [2.75, 3.05) is 18.9 Å². The van der Waals surface area contributed by atoms with Crippen LogP contribution in [-0.4, -0.2) is 35.5 Å². The number of carbonyl (C=O) groups excluding carboxylic acids is 2. The van der Waals surface area contributed by atoms with E-state index in [1.807, 2.05) is 13.8 Å². The van der Waals surface area contributed by atoms with Crippen molar-refractivity contribution < 1.29 is 14.1 Å². The van der Waals surface area contributed by atoms with Gasteiger partial charge in [-0.3, -0.25) is 9.59 Å². The summed E-state index contributed by atoms with van der Waals surface area (Å²) in [4.78, 5) is 26.9. The van der Waals surface area contributed by atoms with E-state index < -0.39 is 5.41 Å². The third-order valence-electron chi connectivity index (χ3n) is 5.01. The molecule has 0 radical (unpaired) electrons. The van der Waals surface area contributed by atoms with Gasteiger partial charge in [-0.1, -0.05) is 40.9 Å². The van der Waals surface area contributed by atoms with Crippen molar-refractivity contribution in [1.82, 2.24) is 10.1 Å². The molecular weight excluding hydrogens is 330 g/mol. The van der Waals surface area contributed by atoms with E-state index in [4.69, 9.17) is 4.52 Å². The molecule has 0 saturated heterocycles. The first kappa shape index (κ1) is 18.2. The number of hydrogen-bond acceptors (Lipinski definition) is 4. The topological polar surface area (TPSA) is 75.4 Å². The van der Waals surface area contributed by atoms with Gasteiger partial charge in [-0.05, 0) is 39.2 Å². The first-order valence-corrected chi connectivity index (χ1v) is 8.88. The second-order valence-electron chi connectivity index (χ2n) is 7.34. The largest absolute Gasteiger partial charge is 0.360 e. The Balaban J connectivity index is 1.72. The van der Waals surface area contributed by atoms with Gasteiger partial charge in [0.15, 0.2) is 5.82 Å². The number of hydrogen-bond donors (Lipinski definition) is 1. The summed E-state index contributed by atoms with van der Waals surface area (Å²) in [5.41, 5.74) is 2.86. The maximum absolute atomic E-state index is 13.2. The van der Waals surface area contributed by atoms with Crippen LogP contribution in [0.15, 0.2) is 28.8 Å². The molecule has 1 saturated carbocycles. The lowest BCUT2D eigenvalue weighted by molar-refractivity contribution is -0.141. The van der Waals surface area contributed by atoms with Crippen LogP contribution in [-0.2, 0) is 15.0 Å². The average molecular weight is 355 g/mol. The SMILES string of the molecule is Cc1cc(C)cc(C2(C(=O)N(C)CC(=O)Nc3cc(C)on3)CCC2)c1. The van der Waals surface area contributed by atoms with E-state index in [2.05, 4.69) is 28.7 Å². The van der Waals surface area contributed by atoms with Gasteiger partial charge in [0.2, 0.25) is 11.8 Å². The molecule has 138 valence electrons. The lowest BCUT2D eigenvalue weighted by atomic mass is 9.63. The minimum Gasteiger partial charge on any atom is -0.360 e. The van der Waals surface area contributed by atoms with E-state index in [9.17, 15) is 9.59 Å². The highest BCUT2D eigenvalue weighted by Crippen LogP contribution is 2.45. The van der Waals surface area contributed by atoms with Gasteiger partial charge in [0.25, 0.3) is 0 Å². The van der Waals surface area contributed by atoms with Crippen LogP contribution in [0.4, 0.5) is 5.82 Å². The fourth-order valence-corrected chi connectivity index (χ4v) is 3.67. The molecule has 1 aliphatic rings. The van der Waals surface area contributed by atoms with Crippen LogP contribution >= 0.6 is 0 Å². The molecule has 3 rings (SSSR count). The second kappa shape index (κ2) is 6.94. The van der Waals surface area contributed by atoms with Crippen LogP contribution in [0.2, 0.25) is 0 Å². The zero-order valence-corrected chi connectivity index (χ0v) is 15.8. The maximum atomic E-state index is 13.2. The molecule has 2 aromatic rings. The fraction of sp³-hybridized carbons (Fsp3) is 0.450. The van der Waals surface area contributed by atoms with Crippen LogP contribution in [0.3, 0.4) is 0 Å². The molecule has 0 bridgehead atoms. The Kier molecular flexibility index (Phi) is 4.85. The molecule has 0 aliphatic heterocycles. The number of aryl methyl sites for hydroxylation is 3. The molecule has 1 aliphatic carbocycles. The molecule has 1 aromatic carbocycles. The molecule has 2 amide bonds. The van der Waals surface area contributed by atoms with Crippen LogP contribution in [0, 0.1) is 20.8 Å². The Morgan fingerprint density at radius 1 is 1.15 bits per heavy atom. The number of benzene rings is 1. The van der Waals surface area contributed by atoms with E-state index >= 15 is 0 Å². The Labute approximate surface area is 153 Å². The monoisotopic (exact) mass is 355 g/mol. The van der Waals surface area contributed by atoms with Crippen molar-refractivity contribution in [3.05, 3.63) is 46.7 Å². The highest BCUT2D eigenvalue weighted by Gasteiger charge is 2.47. The predicted molar refractivity (Wildman–Crippen MR) is 99.0 cm³/mol. The number of nitrogens with zero attached hydrogens (tertiary/aromatic N) is 2. The predicted octanol–water partition coefficient (Wildman–Crippen LogP) is 3.12. The first-order chi connectivity index (χ1) is 12.3. The lowest BCUT2D eigenvalue weighted by Crippen LogP contribution is -2.51. The van der Waals surface area contributed by atoms with Crippen molar-refractivity contribution in [1.29, 1.82) is 0 Å².